The van der Waals surface area contributed by atoms with Gasteiger partial charge in [-0.1, -0.05) is 6.07 Å². The maximum Gasteiger partial charge on any atom is 0.0476 e. The van der Waals surface area contributed by atoms with Gasteiger partial charge in [0.1, 0.15) is 0 Å². The quantitative estimate of drug-likeness (QED) is 0.673. The van der Waals surface area contributed by atoms with Gasteiger partial charge in [0.2, 0.25) is 0 Å². The molecule has 0 N–H and O–H groups in total. The van der Waals surface area contributed by atoms with Crippen LogP contribution in [0.15, 0.2) is 18.2 Å². The lowest BCUT2D eigenvalue weighted by Crippen LogP contribution is -2.15. The van der Waals surface area contributed by atoms with Crippen molar-refractivity contribution in [3.8, 4) is 0 Å². The standard InChI is InChI=1S/C11H16ClN/c1-4-13(3)11-6-5-10(8-12)9(2)7-11/h5-7H,4,8H2,1-3H3. The molecule has 0 spiro atoms. The summed E-state index contributed by atoms with van der Waals surface area (Å²) >= 11 is 5.78. The summed E-state index contributed by atoms with van der Waals surface area (Å²) in [5.41, 5.74) is 3.75. The highest BCUT2D eigenvalue weighted by Gasteiger charge is 2.01. The zero-order valence-electron chi connectivity index (χ0n) is 8.47. The summed E-state index contributed by atoms with van der Waals surface area (Å²) in [6.07, 6.45) is 0. The van der Waals surface area contributed by atoms with Gasteiger partial charge in [0.15, 0.2) is 0 Å². The number of anilines is 1. The van der Waals surface area contributed by atoms with Gasteiger partial charge in [-0.05, 0) is 37.1 Å². The molecule has 0 radical (unpaired) electrons. The normalized spacial score (nSPS) is 10.2. The van der Waals surface area contributed by atoms with Gasteiger partial charge in [-0.25, -0.2) is 0 Å². The van der Waals surface area contributed by atoms with Crippen LogP contribution in [0.25, 0.3) is 0 Å². The first-order valence-electron chi connectivity index (χ1n) is 4.55. The second-order valence-corrected chi connectivity index (χ2v) is 3.53. The van der Waals surface area contributed by atoms with Gasteiger partial charge in [-0.3, -0.25) is 0 Å². The highest BCUT2D eigenvalue weighted by atomic mass is 35.5. The van der Waals surface area contributed by atoms with E-state index in [4.69, 9.17) is 11.6 Å². The van der Waals surface area contributed by atoms with Crippen molar-refractivity contribution in [2.75, 3.05) is 18.5 Å². The van der Waals surface area contributed by atoms with E-state index in [1.54, 1.807) is 0 Å². The fourth-order valence-electron chi connectivity index (χ4n) is 1.25. The van der Waals surface area contributed by atoms with Crippen LogP contribution in [0.1, 0.15) is 18.1 Å². The largest absolute Gasteiger partial charge is 0.375 e. The van der Waals surface area contributed by atoms with E-state index in [1.165, 1.54) is 16.8 Å². The molecule has 0 saturated heterocycles. The van der Waals surface area contributed by atoms with Crippen molar-refractivity contribution in [1.29, 1.82) is 0 Å². The topological polar surface area (TPSA) is 3.24 Å². The maximum atomic E-state index is 5.78. The number of rotatable bonds is 3. The molecule has 0 saturated carbocycles. The van der Waals surface area contributed by atoms with E-state index in [0.29, 0.717) is 5.88 Å². The van der Waals surface area contributed by atoms with Gasteiger partial charge in [0, 0.05) is 25.2 Å². The van der Waals surface area contributed by atoms with Crippen molar-refractivity contribution in [2.24, 2.45) is 0 Å². The maximum absolute atomic E-state index is 5.78. The van der Waals surface area contributed by atoms with E-state index < -0.39 is 0 Å². The van der Waals surface area contributed by atoms with Crippen molar-refractivity contribution >= 4 is 17.3 Å². The lowest BCUT2D eigenvalue weighted by atomic mass is 10.1. The fourth-order valence-corrected chi connectivity index (χ4v) is 1.55. The molecule has 0 heterocycles. The third-order valence-electron chi connectivity index (χ3n) is 2.39. The molecule has 0 atom stereocenters. The third kappa shape index (κ3) is 2.38. The van der Waals surface area contributed by atoms with Crippen molar-refractivity contribution in [3.05, 3.63) is 29.3 Å². The van der Waals surface area contributed by atoms with Gasteiger partial charge in [-0.2, -0.15) is 0 Å². The first-order chi connectivity index (χ1) is 6.19. The Morgan fingerprint density at radius 1 is 1.38 bits per heavy atom. The molecule has 2 heteroatoms. The molecule has 13 heavy (non-hydrogen) atoms. The Morgan fingerprint density at radius 3 is 2.54 bits per heavy atom. The first kappa shape index (κ1) is 10.4. The number of aryl methyl sites for hydroxylation is 1. The van der Waals surface area contributed by atoms with E-state index in [-0.39, 0.29) is 0 Å². The third-order valence-corrected chi connectivity index (χ3v) is 2.67. The monoisotopic (exact) mass is 197 g/mol. The minimum Gasteiger partial charge on any atom is -0.375 e. The Bertz CT molecular complexity index is 283. The average Bonchev–Trinajstić information content (AvgIpc) is 2.16. The summed E-state index contributed by atoms with van der Waals surface area (Å²) in [7, 11) is 2.09. The van der Waals surface area contributed by atoms with Crippen LogP contribution in [0.4, 0.5) is 5.69 Å². The number of hydrogen-bond donors (Lipinski definition) is 0. The highest BCUT2D eigenvalue weighted by Crippen LogP contribution is 2.19. The number of halogens is 1. The lowest BCUT2D eigenvalue weighted by molar-refractivity contribution is 0.965. The Balaban J connectivity index is 2.95. The smallest absolute Gasteiger partial charge is 0.0476 e. The van der Waals surface area contributed by atoms with E-state index in [9.17, 15) is 0 Å². The molecule has 0 aromatic heterocycles. The second kappa shape index (κ2) is 4.52. The predicted octanol–water partition coefficient (Wildman–Crippen LogP) is 3.19. The van der Waals surface area contributed by atoms with Crippen LogP contribution in [0.2, 0.25) is 0 Å². The Hall–Kier alpha value is -0.690. The fraction of sp³-hybridized carbons (Fsp3) is 0.455. The van der Waals surface area contributed by atoms with Crippen LogP contribution in [0.5, 0.6) is 0 Å². The molecule has 72 valence electrons. The van der Waals surface area contributed by atoms with Crippen LogP contribution in [0.3, 0.4) is 0 Å². The van der Waals surface area contributed by atoms with Crippen LogP contribution < -0.4 is 4.90 Å². The van der Waals surface area contributed by atoms with Crippen molar-refractivity contribution in [2.45, 2.75) is 19.7 Å². The summed E-state index contributed by atoms with van der Waals surface area (Å²) in [6.45, 7) is 5.27. The molecular weight excluding hydrogens is 182 g/mol. The molecule has 0 fully saturated rings. The molecule has 0 bridgehead atoms. The summed E-state index contributed by atoms with van der Waals surface area (Å²) in [6, 6.07) is 6.40. The molecule has 1 rings (SSSR count). The van der Waals surface area contributed by atoms with E-state index in [1.807, 2.05) is 0 Å². The molecule has 0 amide bonds. The lowest BCUT2D eigenvalue weighted by Gasteiger charge is -2.18. The average molecular weight is 198 g/mol. The van der Waals surface area contributed by atoms with Gasteiger partial charge in [0.05, 0.1) is 0 Å². The van der Waals surface area contributed by atoms with Crippen molar-refractivity contribution in [1.82, 2.24) is 0 Å². The first-order valence-corrected chi connectivity index (χ1v) is 5.09. The van der Waals surface area contributed by atoms with Crippen LogP contribution in [-0.2, 0) is 5.88 Å². The van der Waals surface area contributed by atoms with Crippen LogP contribution >= 0.6 is 11.6 Å². The van der Waals surface area contributed by atoms with Crippen molar-refractivity contribution < 1.29 is 0 Å². The molecule has 1 nitrogen and oxygen atoms in total. The second-order valence-electron chi connectivity index (χ2n) is 3.26. The zero-order chi connectivity index (χ0) is 9.84. The summed E-state index contributed by atoms with van der Waals surface area (Å²) in [5.74, 6) is 0.599. The minimum absolute atomic E-state index is 0.599. The number of nitrogens with zero attached hydrogens (tertiary/aromatic N) is 1. The number of alkyl halides is 1. The Morgan fingerprint density at radius 2 is 2.08 bits per heavy atom. The van der Waals surface area contributed by atoms with Gasteiger partial charge in [-0.15, -0.1) is 11.6 Å². The predicted molar refractivity (Wildman–Crippen MR) is 59.7 cm³/mol. The zero-order valence-corrected chi connectivity index (χ0v) is 9.23. The van der Waals surface area contributed by atoms with Crippen molar-refractivity contribution in [3.63, 3.8) is 0 Å². The number of hydrogen-bond acceptors (Lipinski definition) is 1. The van der Waals surface area contributed by atoms with Gasteiger partial charge < -0.3 is 4.90 Å². The molecule has 0 aliphatic heterocycles. The molecule has 0 aliphatic carbocycles. The molecule has 0 unspecified atom stereocenters. The van der Waals surface area contributed by atoms with Gasteiger partial charge >= 0.3 is 0 Å². The summed E-state index contributed by atoms with van der Waals surface area (Å²) in [4.78, 5) is 2.21. The minimum atomic E-state index is 0.599. The SMILES string of the molecule is CCN(C)c1ccc(CCl)c(C)c1. The molecular formula is C11H16ClN. The van der Waals surface area contributed by atoms with Gasteiger partial charge in [0.25, 0.3) is 0 Å². The summed E-state index contributed by atoms with van der Waals surface area (Å²) in [5, 5.41) is 0. The summed E-state index contributed by atoms with van der Waals surface area (Å²) < 4.78 is 0. The van der Waals surface area contributed by atoms with Crippen LogP contribution in [-0.4, -0.2) is 13.6 Å². The van der Waals surface area contributed by atoms with E-state index in [2.05, 4.69) is 44.0 Å². The highest BCUT2D eigenvalue weighted by molar-refractivity contribution is 6.17. The van der Waals surface area contributed by atoms with E-state index >= 15 is 0 Å². The molecule has 0 aliphatic rings. The molecule has 1 aromatic rings. The van der Waals surface area contributed by atoms with Crippen LogP contribution in [0, 0.1) is 6.92 Å². The number of benzene rings is 1. The molecule has 1 aromatic carbocycles. The Kier molecular flexibility index (Phi) is 3.61. The Labute approximate surface area is 85.3 Å². The van der Waals surface area contributed by atoms with E-state index in [0.717, 1.165) is 6.54 Å².